The number of benzene rings is 1. The monoisotopic (exact) mass is 258 g/mol. The van der Waals surface area contributed by atoms with Crippen LogP contribution in [0.5, 0.6) is 0 Å². The molecule has 1 aromatic carbocycles. The summed E-state index contributed by atoms with van der Waals surface area (Å²) in [5, 5.41) is 22.3. The van der Waals surface area contributed by atoms with Gasteiger partial charge in [-0.2, -0.15) is 5.26 Å². The van der Waals surface area contributed by atoms with Crippen molar-refractivity contribution < 1.29 is 5.11 Å². The van der Waals surface area contributed by atoms with Crippen molar-refractivity contribution in [2.75, 3.05) is 6.54 Å². The summed E-state index contributed by atoms with van der Waals surface area (Å²) in [6.07, 6.45) is 4.27. The molecule has 3 nitrogen and oxygen atoms in total. The molecule has 2 N–H and O–H groups in total. The summed E-state index contributed by atoms with van der Waals surface area (Å²) in [7, 11) is 0. The highest BCUT2D eigenvalue weighted by molar-refractivity contribution is 5.34. The van der Waals surface area contributed by atoms with Gasteiger partial charge < -0.3 is 10.4 Å². The van der Waals surface area contributed by atoms with Crippen LogP contribution in [0.4, 0.5) is 0 Å². The van der Waals surface area contributed by atoms with Crippen LogP contribution in [-0.2, 0) is 0 Å². The number of hydrogen-bond acceptors (Lipinski definition) is 3. The van der Waals surface area contributed by atoms with Gasteiger partial charge in [-0.15, -0.1) is 0 Å². The van der Waals surface area contributed by atoms with Crippen molar-refractivity contribution in [3.8, 4) is 6.07 Å². The Hall–Kier alpha value is -1.37. The van der Waals surface area contributed by atoms with Crippen molar-refractivity contribution in [2.24, 2.45) is 5.92 Å². The van der Waals surface area contributed by atoms with E-state index in [1.807, 2.05) is 24.3 Å². The van der Waals surface area contributed by atoms with Crippen LogP contribution < -0.4 is 5.32 Å². The molecular weight excluding hydrogens is 236 g/mol. The van der Waals surface area contributed by atoms with Crippen LogP contribution in [0.2, 0.25) is 0 Å². The molecule has 0 saturated heterocycles. The standard InChI is InChI=1S/C16H22N2O/c1-12(14-7-4-5-13(9-14)10-17)18-11-15-6-2-3-8-16(15)19/h4-5,7,9,12,15-16,18-19H,2-3,6,8,11H2,1H3. The third-order valence-electron chi connectivity index (χ3n) is 4.07. The number of aliphatic hydroxyl groups excluding tert-OH is 1. The van der Waals surface area contributed by atoms with Crippen LogP contribution in [0, 0.1) is 17.2 Å². The average molecular weight is 258 g/mol. The summed E-state index contributed by atoms with van der Waals surface area (Å²) in [5.74, 6) is 0.371. The molecule has 1 aromatic rings. The van der Waals surface area contributed by atoms with E-state index in [9.17, 15) is 5.11 Å². The number of rotatable bonds is 4. The van der Waals surface area contributed by atoms with Gasteiger partial charge in [0.15, 0.2) is 0 Å². The second-order valence-electron chi connectivity index (χ2n) is 5.48. The van der Waals surface area contributed by atoms with Crippen LogP contribution in [-0.4, -0.2) is 17.8 Å². The van der Waals surface area contributed by atoms with E-state index in [4.69, 9.17) is 5.26 Å². The Bertz CT molecular complexity index is 452. The Morgan fingerprint density at radius 2 is 2.21 bits per heavy atom. The topological polar surface area (TPSA) is 56.0 Å². The molecule has 2 rings (SSSR count). The Labute approximate surface area is 115 Å². The Morgan fingerprint density at radius 1 is 1.42 bits per heavy atom. The molecule has 3 atom stereocenters. The minimum Gasteiger partial charge on any atom is -0.393 e. The number of nitrogens with one attached hydrogen (secondary N) is 1. The van der Waals surface area contributed by atoms with Gasteiger partial charge in [0, 0.05) is 12.6 Å². The quantitative estimate of drug-likeness (QED) is 0.873. The number of nitrogens with zero attached hydrogens (tertiary/aromatic N) is 1. The second-order valence-corrected chi connectivity index (χ2v) is 5.48. The van der Waals surface area contributed by atoms with Crippen LogP contribution in [0.1, 0.15) is 49.8 Å². The first-order valence-electron chi connectivity index (χ1n) is 7.12. The first-order valence-corrected chi connectivity index (χ1v) is 7.12. The molecule has 0 radical (unpaired) electrons. The third-order valence-corrected chi connectivity index (χ3v) is 4.07. The van der Waals surface area contributed by atoms with E-state index in [1.165, 1.54) is 6.42 Å². The Morgan fingerprint density at radius 3 is 2.95 bits per heavy atom. The molecule has 3 unspecified atom stereocenters. The molecule has 1 fully saturated rings. The fourth-order valence-electron chi connectivity index (χ4n) is 2.75. The number of nitriles is 1. The highest BCUT2D eigenvalue weighted by Crippen LogP contribution is 2.24. The average Bonchev–Trinajstić information content (AvgIpc) is 2.46. The molecule has 1 saturated carbocycles. The molecule has 1 aliphatic carbocycles. The largest absolute Gasteiger partial charge is 0.393 e. The maximum atomic E-state index is 9.95. The molecule has 0 bridgehead atoms. The summed E-state index contributed by atoms with van der Waals surface area (Å²) >= 11 is 0. The first kappa shape index (κ1) is 14.0. The lowest BCUT2D eigenvalue weighted by atomic mass is 9.86. The van der Waals surface area contributed by atoms with E-state index in [0.29, 0.717) is 11.5 Å². The molecule has 3 heteroatoms. The van der Waals surface area contributed by atoms with Crippen LogP contribution >= 0.6 is 0 Å². The maximum absolute atomic E-state index is 9.95. The summed E-state index contributed by atoms with van der Waals surface area (Å²) in [6, 6.07) is 10.1. The van der Waals surface area contributed by atoms with E-state index in [2.05, 4.69) is 18.3 Å². The number of hydrogen-bond donors (Lipinski definition) is 2. The van der Waals surface area contributed by atoms with Gasteiger partial charge in [0.05, 0.1) is 17.7 Å². The summed E-state index contributed by atoms with van der Waals surface area (Å²) in [6.45, 7) is 2.95. The first-order chi connectivity index (χ1) is 9.20. The summed E-state index contributed by atoms with van der Waals surface area (Å²) in [5.41, 5.74) is 1.83. The van der Waals surface area contributed by atoms with Crippen molar-refractivity contribution in [2.45, 2.75) is 44.8 Å². The molecule has 0 aliphatic heterocycles. The molecular formula is C16H22N2O. The van der Waals surface area contributed by atoms with Gasteiger partial charge in [-0.3, -0.25) is 0 Å². The summed E-state index contributed by atoms with van der Waals surface area (Å²) < 4.78 is 0. The molecule has 19 heavy (non-hydrogen) atoms. The lowest BCUT2D eigenvalue weighted by molar-refractivity contribution is 0.0684. The van der Waals surface area contributed by atoms with Crippen molar-refractivity contribution in [3.63, 3.8) is 0 Å². The zero-order chi connectivity index (χ0) is 13.7. The fourth-order valence-corrected chi connectivity index (χ4v) is 2.75. The predicted molar refractivity (Wildman–Crippen MR) is 75.5 cm³/mol. The van der Waals surface area contributed by atoms with Gasteiger partial charge in [0.2, 0.25) is 0 Å². The maximum Gasteiger partial charge on any atom is 0.0991 e. The van der Waals surface area contributed by atoms with E-state index in [-0.39, 0.29) is 12.1 Å². The highest BCUT2D eigenvalue weighted by Gasteiger charge is 2.23. The van der Waals surface area contributed by atoms with Gasteiger partial charge in [-0.05, 0) is 43.4 Å². The zero-order valence-corrected chi connectivity index (χ0v) is 11.5. The van der Waals surface area contributed by atoms with Gasteiger partial charge in [-0.25, -0.2) is 0 Å². The van der Waals surface area contributed by atoms with Crippen LogP contribution in [0.15, 0.2) is 24.3 Å². The zero-order valence-electron chi connectivity index (χ0n) is 11.5. The second kappa shape index (κ2) is 6.70. The van der Waals surface area contributed by atoms with Gasteiger partial charge in [0.25, 0.3) is 0 Å². The molecule has 0 spiro atoms. The molecule has 0 aromatic heterocycles. The summed E-state index contributed by atoms with van der Waals surface area (Å²) in [4.78, 5) is 0. The SMILES string of the molecule is CC(NCC1CCCCC1O)c1cccc(C#N)c1. The van der Waals surface area contributed by atoms with Crippen molar-refractivity contribution in [3.05, 3.63) is 35.4 Å². The lowest BCUT2D eigenvalue weighted by Gasteiger charge is -2.29. The van der Waals surface area contributed by atoms with Gasteiger partial charge >= 0.3 is 0 Å². The minimum absolute atomic E-state index is 0.154. The van der Waals surface area contributed by atoms with Crippen molar-refractivity contribution in [1.29, 1.82) is 5.26 Å². The smallest absolute Gasteiger partial charge is 0.0991 e. The van der Waals surface area contributed by atoms with Gasteiger partial charge in [-0.1, -0.05) is 25.0 Å². The Balaban J connectivity index is 1.90. The van der Waals surface area contributed by atoms with Gasteiger partial charge in [0.1, 0.15) is 0 Å². The molecule has 0 heterocycles. The Kier molecular flexibility index (Phi) is 4.95. The number of aliphatic hydroxyl groups is 1. The predicted octanol–water partition coefficient (Wildman–Crippen LogP) is 2.76. The molecule has 102 valence electrons. The minimum atomic E-state index is -0.154. The highest BCUT2D eigenvalue weighted by atomic mass is 16.3. The third kappa shape index (κ3) is 3.79. The van der Waals surface area contributed by atoms with Crippen LogP contribution in [0.3, 0.4) is 0 Å². The normalized spacial score (nSPS) is 24.7. The van der Waals surface area contributed by atoms with E-state index < -0.39 is 0 Å². The van der Waals surface area contributed by atoms with Crippen LogP contribution in [0.25, 0.3) is 0 Å². The molecule has 1 aliphatic rings. The van der Waals surface area contributed by atoms with Crippen molar-refractivity contribution >= 4 is 0 Å². The lowest BCUT2D eigenvalue weighted by Crippen LogP contribution is -2.34. The van der Waals surface area contributed by atoms with E-state index >= 15 is 0 Å². The van der Waals surface area contributed by atoms with E-state index in [0.717, 1.165) is 31.4 Å². The van der Waals surface area contributed by atoms with E-state index in [1.54, 1.807) is 0 Å². The molecule has 0 amide bonds. The fraction of sp³-hybridized carbons (Fsp3) is 0.562. The van der Waals surface area contributed by atoms with Crippen molar-refractivity contribution in [1.82, 2.24) is 5.32 Å².